The summed E-state index contributed by atoms with van der Waals surface area (Å²) in [5, 5.41) is 4.11. The molecule has 4 rings (SSSR count). The summed E-state index contributed by atoms with van der Waals surface area (Å²) in [6, 6.07) is 16.6. The van der Waals surface area contributed by atoms with Gasteiger partial charge in [-0.2, -0.15) is 0 Å². The SMILES string of the molecule is CCc1cccc(NC(=O)c2cc3c(=O)oc4ccccc4c3n2C)c1. The minimum atomic E-state index is -0.443. The Labute approximate surface area is 149 Å². The number of hydrogen-bond donors (Lipinski definition) is 1. The summed E-state index contributed by atoms with van der Waals surface area (Å²) >= 11 is 0. The van der Waals surface area contributed by atoms with Crippen molar-refractivity contribution in [3.63, 3.8) is 0 Å². The molecule has 0 bridgehead atoms. The molecule has 0 atom stereocenters. The van der Waals surface area contributed by atoms with Crippen LogP contribution in [0.4, 0.5) is 5.69 Å². The van der Waals surface area contributed by atoms with E-state index >= 15 is 0 Å². The van der Waals surface area contributed by atoms with Gasteiger partial charge in [-0.05, 0) is 42.3 Å². The number of fused-ring (bicyclic) bond motifs is 3. The number of nitrogens with zero attached hydrogens (tertiary/aromatic N) is 1. The van der Waals surface area contributed by atoms with E-state index in [1.54, 1.807) is 23.7 Å². The molecule has 0 radical (unpaired) electrons. The maximum absolute atomic E-state index is 12.8. The topological polar surface area (TPSA) is 64.2 Å². The van der Waals surface area contributed by atoms with E-state index in [0.717, 1.165) is 23.1 Å². The van der Waals surface area contributed by atoms with Crippen molar-refractivity contribution in [3.8, 4) is 0 Å². The van der Waals surface area contributed by atoms with Crippen LogP contribution in [0, 0.1) is 0 Å². The summed E-state index contributed by atoms with van der Waals surface area (Å²) < 4.78 is 7.11. The van der Waals surface area contributed by atoms with E-state index in [-0.39, 0.29) is 5.91 Å². The average molecular weight is 346 g/mol. The maximum Gasteiger partial charge on any atom is 0.345 e. The van der Waals surface area contributed by atoms with Gasteiger partial charge in [-0.1, -0.05) is 31.2 Å². The minimum Gasteiger partial charge on any atom is -0.422 e. The smallest absolute Gasteiger partial charge is 0.345 e. The number of rotatable bonds is 3. The molecule has 26 heavy (non-hydrogen) atoms. The molecule has 1 amide bonds. The van der Waals surface area contributed by atoms with E-state index in [9.17, 15) is 9.59 Å². The third-order valence-corrected chi connectivity index (χ3v) is 4.62. The van der Waals surface area contributed by atoms with Gasteiger partial charge in [-0.25, -0.2) is 4.79 Å². The number of amides is 1. The van der Waals surface area contributed by atoms with Gasteiger partial charge < -0.3 is 14.3 Å². The predicted octanol–water partition coefficient (Wildman–Crippen LogP) is 4.10. The van der Waals surface area contributed by atoms with Crippen molar-refractivity contribution in [2.45, 2.75) is 13.3 Å². The lowest BCUT2D eigenvalue weighted by molar-refractivity contribution is 0.102. The van der Waals surface area contributed by atoms with Crippen LogP contribution in [-0.2, 0) is 13.5 Å². The molecule has 0 aliphatic heterocycles. The van der Waals surface area contributed by atoms with Gasteiger partial charge in [0.2, 0.25) is 0 Å². The molecule has 0 unspecified atom stereocenters. The Bertz CT molecular complexity index is 1200. The first kappa shape index (κ1) is 16.1. The van der Waals surface area contributed by atoms with Crippen LogP contribution in [-0.4, -0.2) is 10.5 Å². The van der Waals surface area contributed by atoms with Crippen LogP contribution in [0.25, 0.3) is 21.9 Å². The molecule has 0 aliphatic rings. The second kappa shape index (κ2) is 6.19. The van der Waals surface area contributed by atoms with Crippen LogP contribution in [0.5, 0.6) is 0 Å². The Morgan fingerprint density at radius 2 is 1.88 bits per heavy atom. The number of hydrogen-bond acceptors (Lipinski definition) is 3. The number of carbonyl (C=O) groups excluding carboxylic acids is 1. The zero-order valence-corrected chi connectivity index (χ0v) is 14.6. The fourth-order valence-electron chi connectivity index (χ4n) is 3.27. The zero-order valence-electron chi connectivity index (χ0n) is 14.6. The Hall–Kier alpha value is -3.34. The molecule has 0 saturated heterocycles. The van der Waals surface area contributed by atoms with Crippen LogP contribution >= 0.6 is 0 Å². The Morgan fingerprint density at radius 1 is 1.08 bits per heavy atom. The molecule has 2 aromatic heterocycles. The lowest BCUT2D eigenvalue weighted by atomic mass is 10.1. The van der Waals surface area contributed by atoms with Gasteiger partial charge in [0, 0.05) is 18.1 Å². The number of benzene rings is 2. The first-order chi connectivity index (χ1) is 12.6. The van der Waals surface area contributed by atoms with E-state index in [4.69, 9.17) is 4.42 Å². The standard InChI is InChI=1S/C21H18N2O3/c1-3-13-7-6-8-14(11-13)22-20(24)17-12-16-19(23(17)2)15-9-4-5-10-18(15)26-21(16)25/h4-12H,3H2,1-2H3,(H,22,24). The van der Waals surface area contributed by atoms with Crippen LogP contribution in [0.2, 0.25) is 0 Å². The quantitative estimate of drug-likeness (QED) is 0.568. The van der Waals surface area contributed by atoms with Crippen molar-refractivity contribution in [1.82, 2.24) is 4.57 Å². The molecule has 0 fully saturated rings. The molecule has 2 heterocycles. The number of carbonyl (C=O) groups is 1. The van der Waals surface area contributed by atoms with Gasteiger partial charge in [-0.3, -0.25) is 4.79 Å². The minimum absolute atomic E-state index is 0.263. The molecule has 1 N–H and O–H groups in total. The van der Waals surface area contributed by atoms with Gasteiger partial charge in [0.1, 0.15) is 11.3 Å². The Kier molecular flexibility index (Phi) is 3.84. The molecule has 4 aromatic rings. The molecular formula is C21H18N2O3. The van der Waals surface area contributed by atoms with Gasteiger partial charge in [0.25, 0.3) is 5.91 Å². The van der Waals surface area contributed by atoms with Crippen LogP contribution in [0.15, 0.2) is 63.8 Å². The molecule has 0 saturated carbocycles. The number of para-hydroxylation sites is 1. The van der Waals surface area contributed by atoms with Crippen molar-refractivity contribution >= 4 is 33.5 Å². The van der Waals surface area contributed by atoms with E-state index in [1.165, 1.54) is 0 Å². The van der Waals surface area contributed by atoms with Gasteiger partial charge in [0.05, 0.1) is 10.9 Å². The van der Waals surface area contributed by atoms with E-state index < -0.39 is 5.63 Å². The first-order valence-electron chi connectivity index (χ1n) is 8.50. The number of aryl methyl sites for hydroxylation is 2. The lowest BCUT2D eigenvalue weighted by Gasteiger charge is -2.08. The fourth-order valence-corrected chi connectivity index (χ4v) is 3.27. The summed E-state index contributed by atoms with van der Waals surface area (Å²) in [5.74, 6) is -0.263. The molecule has 0 spiro atoms. The van der Waals surface area contributed by atoms with Gasteiger partial charge in [0.15, 0.2) is 0 Å². The zero-order chi connectivity index (χ0) is 18.3. The van der Waals surface area contributed by atoms with Crippen molar-refractivity contribution in [2.24, 2.45) is 7.05 Å². The Balaban J connectivity index is 1.83. The highest BCUT2D eigenvalue weighted by Crippen LogP contribution is 2.25. The number of nitrogens with one attached hydrogen (secondary N) is 1. The van der Waals surface area contributed by atoms with Crippen LogP contribution in [0.1, 0.15) is 23.0 Å². The highest BCUT2D eigenvalue weighted by Gasteiger charge is 2.18. The second-order valence-electron chi connectivity index (χ2n) is 6.24. The van der Waals surface area contributed by atoms with Gasteiger partial charge in [-0.15, -0.1) is 0 Å². The van der Waals surface area contributed by atoms with E-state index in [1.807, 2.05) is 42.5 Å². The summed E-state index contributed by atoms with van der Waals surface area (Å²) in [6.45, 7) is 2.06. The van der Waals surface area contributed by atoms with E-state index in [0.29, 0.717) is 22.2 Å². The lowest BCUT2D eigenvalue weighted by Crippen LogP contribution is -2.15. The molecular weight excluding hydrogens is 328 g/mol. The highest BCUT2D eigenvalue weighted by atomic mass is 16.4. The largest absolute Gasteiger partial charge is 0.422 e. The summed E-state index contributed by atoms with van der Waals surface area (Å²) in [6.07, 6.45) is 0.894. The summed E-state index contributed by atoms with van der Waals surface area (Å²) in [5.41, 5.74) is 3.05. The molecule has 2 aromatic carbocycles. The third kappa shape index (κ3) is 2.58. The highest BCUT2D eigenvalue weighted by molar-refractivity contribution is 6.10. The summed E-state index contributed by atoms with van der Waals surface area (Å²) in [4.78, 5) is 25.1. The fraction of sp³-hybridized carbons (Fsp3) is 0.143. The molecule has 5 heteroatoms. The number of anilines is 1. The Morgan fingerprint density at radius 3 is 2.69 bits per heavy atom. The third-order valence-electron chi connectivity index (χ3n) is 4.62. The summed E-state index contributed by atoms with van der Waals surface area (Å²) in [7, 11) is 1.78. The van der Waals surface area contributed by atoms with Crippen molar-refractivity contribution in [1.29, 1.82) is 0 Å². The van der Waals surface area contributed by atoms with Crippen molar-refractivity contribution in [3.05, 3.63) is 76.3 Å². The van der Waals surface area contributed by atoms with Crippen LogP contribution in [0.3, 0.4) is 0 Å². The van der Waals surface area contributed by atoms with Gasteiger partial charge >= 0.3 is 5.63 Å². The van der Waals surface area contributed by atoms with Crippen molar-refractivity contribution in [2.75, 3.05) is 5.32 Å². The normalized spacial score (nSPS) is 11.2. The molecule has 0 aliphatic carbocycles. The first-order valence-corrected chi connectivity index (χ1v) is 8.50. The number of aromatic nitrogens is 1. The second-order valence-corrected chi connectivity index (χ2v) is 6.24. The monoisotopic (exact) mass is 346 g/mol. The van der Waals surface area contributed by atoms with E-state index in [2.05, 4.69) is 12.2 Å². The predicted molar refractivity (Wildman–Crippen MR) is 103 cm³/mol. The molecule has 130 valence electrons. The average Bonchev–Trinajstić information content (AvgIpc) is 3.00. The van der Waals surface area contributed by atoms with Crippen LogP contribution < -0.4 is 10.9 Å². The molecule has 5 nitrogen and oxygen atoms in total. The maximum atomic E-state index is 12.8. The van der Waals surface area contributed by atoms with Crippen molar-refractivity contribution < 1.29 is 9.21 Å².